The monoisotopic (exact) mass is 272 g/mol. The molecular formula is C12H20N2O3S. The first-order chi connectivity index (χ1) is 8.18. The van der Waals surface area contributed by atoms with Gasteiger partial charge in [-0.1, -0.05) is 27.7 Å². The molecular weight excluding hydrogens is 252 g/mol. The van der Waals surface area contributed by atoms with E-state index in [0.29, 0.717) is 24.7 Å². The summed E-state index contributed by atoms with van der Waals surface area (Å²) in [6, 6.07) is 0. The van der Waals surface area contributed by atoms with Gasteiger partial charge in [0.2, 0.25) is 10.0 Å². The number of rotatable bonds is 2. The Morgan fingerprint density at radius 3 is 2.61 bits per heavy atom. The summed E-state index contributed by atoms with van der Waals surface area (Å²) in [6.07, 6.45) is 1.55. The molecule has 0 saturated carbocycles. The molecule has 1 aliphatic heterocycles. The van der Waals surface area contributed by atoms with Crippen molar-refractivity contribution < 1.29 is 12.8 Å². The van der Waals surface area contributed by atoms with Gasteiger partial charge in [-0.05, 0) is 5.92 Å². The van der Waals surface area contributed by atoms with Crippen LogP contribution in [0, 0.1) is 5.92 Å². The van der Waals surface area contributed by atoms with Crippen LogP contribution in [0.3, 0.4) is 0 Å². The molecule has 1 saturated heterocycles. The standard InChI is InChI=1S/C12H20N2O3S/c1-9-5-14(18(15,16)8-9)6-10-7-17-11(13-10)12(2,3)4/h7,9H,5-6,8H2,1-4H3. The lowest BCUT2D eigenvalue weighted by Crippen LogP contribution is -2.25. The molecule has 0 aromatic carbocycles. The fraction of sp³-hybridized carbons (Fsp3) is 0.750. The number of aromatic nitrogens is 1. The van der Waals surface area contributed by atoms with Gasteiger partial charge in [0.05, 0.1) is 18.0 Å². The Bertz CT molecular complexity index is 528. The molecule has 2 heterocycles. The first-order valence-corrected chi connectivity index (χ1v) is 7.72. The second-order valence-corrected chi connectivity index (χ2v) is 8.08. The van der Waals surface area contributed by atoms with Crippen LogP contribution in [0.2, 0.25) is 0 Å². The van der Waals surface area contributed by atoms with Gasteiger partial charge in [-0.3, -0.25) is 0 Å². The summed E-state index contributed by atoms with van der Waals surface area (Å²) in [4.78, 5) is 4.36. The third-order valence-electron chi connectivity index (χ3n) is 2.94. The van der Waals surface area contributed by atoms with E-state index in [0.717, 1.165) is 0 Å². The molecule has 0 bridgehead atoms. The molecule has 0 radical (unpaired) electrons. The van der Waals surface area contributed by atoms with E-state index in [2.05, 4.69) is 4.98 Å². The maximum atomic E-state index is 11.8. The lowest BCUT2D eigenvalue weighted by Gasteiger charge is -2.13. The van der Waals surface area contributed by atoms with Gasteiger partial charge >= 0.3 is 0 Å². The summed E-state index contributed by atoms with van der Waals surface area (Å²) < 4.78 is 30.6. The van der Waals surface area contributed by atoms with E-state index in [-0.39, 0.29) is 17.1 Å². The van der Waals surface area contributed by atoms with Crippen LogP contribution in [0.15, 0.2) is 10.7 Å². The van der Waals surface area contributed by atoms with Crippen LogP contribution in [0.5, 0.6) is 0 Å². The summed E-state index contributed by atoms with van der Waals surface area (Å²) in [5, 5.41) is 0. The van der Waals surface area contributed by atoms with Gasteiger partial charge in [0.15, 0.2) is 5.89 Å². The highest BCUT2D eigenvalue weighted by atomic mass is 32.2. The number of nitrogens with zero attached hydrogens (tertiary/aromatic N) is 2. The summed E-state index contributed by atoms with van der Waals surface area (Å²) in [5.41, 5.74) is 0.521. The SMILES string of the molecule is CC1CN(Cc2coc(C(C)(C)C)n2)S(=O)(=O)C1. The van der Waals surface area contributed by atoms with Crippen molar-refractivity contribution in [3.8, 4) is 0 Å². The first-order valence-electron chi connectivity index (χ1n) is 6.11. The molecule has 0 aliphatic carbocycles. The van der Waals surface area contributed by atoms with Crippen molar-refractivity contribution in [1.29, 1.82) is 0 Å². The predicted molar refractivity (Wildman–Crippen MR) is 68.6 cm³/mol. The van der Waals surface area contributed by atoms with Gasteiger partial charge in [0.1, 0.15) is 6.26 Å². The molecule has 1 aromatic heterocycles. The smallest absolute Gasteiger partial charge is 0.214 e. The third kappa shape index (κ3) is 2.75. The van der Waals surface area contributed by atoms with E-state index in [4.69, 9.17) is 4.42 Å². The molecule has 1 unspecified atom stereocenters. The number of hydrogen-bond acceptors (Lipinski definition) is 4. The normalized spacial score (nSPS) is 24.6. The molecule has 6 heteroatoms. The quantitative estimate of drug-likeness (QED) is 0.823. The summed E-state index contributed by atoms with van der Waals surface area (Å²) >= 11 is 0. The van der Waals surface area contributed by atoms with Crippen LogP contribution >= 0.6 is 0 Å². The zero-order valence-electron chi connectivity index (χ0n) is 11.3. The van der Waals surface area contributed by atoms with Gasteiger partial charge < -0.3 is 4.42 Å². The Labute approximate surface area is 108 Å². The maximum Gasteiger partial charge on any atom is 0.214 e. The maximum absolute atomic E-state index is 11.8. The Hall–Kier alpha value is -0.880. The minimum atomic E-state index is -3.11. The Morgan fingerprint density at radius 1 is 1.50 bits per heavy atom. The van der Waals surface area contributed by atoms with Crippen LogP contribution in [-0.4, -0.2) is 30.0 Å². The van der Waals surface area contributed by atoms with E-state index in [9.17, 15) is 8.42 Å². The summed E-state index contributed by atoms with van der Waals surface area (Å²) in [5.74, 6) is 1.06. The van der Waals surface area contributed by atoms with Crippen molar-refractivity contribution in [2.75, 3.05) is 12.3 Å². The van der Waals surface area contributed by atoms with Crippen molar-refractivity contribution in [2.24, 2.45) is 5.92 Å². The topological polar surface area (TPSA) is 63.4 Å². The summed E-state index contributed by atoms with van der Waals surface area (Å²) in [7, 11) is -3.11. The van der Waals surface area contributed by atoms with E-state index in [1.165, 1.54) is 4.31 Å². The van der Waals surface area contributed by atoms with Gasteiger partial charge in [-0.25, -0.2) is 13.4 Å². The second-order valence-electron chi connectivity index (χ2n) is 6.07. The van der Waals surface area contributed by atoms with Gasteiger partial charge in [-0.2, -0.15) is 4.31 Å². The molecule has 0 N–H and O–H groups in total. The number of sulfonamides is 1. The first kappa shape index (κ1) is 13.5. The minimum Gasteiger partial charge on any atom is -0.448 e. The molecule has 1 atom stereocenters. The van der Waals surface area contributed by atoms with Gasteiger partial charge in [0, 0.05) is 12.0 Å². The molecule has 18 heavy (non-hydrogen) atoms. The van der Waals surface area contributed by atoms with Crippen molar-refractivity contribution in [1.82, 2.24) is 9.29 Å². The average Bonchev–Trinajstić information content (AvgIpc) is 2.71. The van der Waals surface area contributed by atoms with E-state index in [1.807, 2.05) is 27.7 Å². The van der Waals surface area contributed by atoms with Gasteiger partial charge in [0.25, 0.3) is 0 Å². The zero-order chi connectivity index (χ0) is 13.6. The minimum absolute atomic E-state index is 0.157. The van der Waals surface area contributed by atoms with Crippen LogP contribution in [-0.2, 0) is 22.0 Å². The fourth-order valence-corrected chi connectivity index (χ4v) is 3.89. The lowest BCUT2D eigenvalue weighted by molar-refractivity contribution is 0.392. The molecule has 0 spiro atoms. The molecule has 1 fully saturated rings. The second kappa shape index (κ2) is 4.35. The van der Waals surface area contributed by atoms with E-state index in [1.54, 1.807) is 6.26 Å². The molecule has 102 valence electrons. The molecule has 1 aromatic rings. The Morgan fingerprint density at radius 2 is 2.17 bits per heavy atom. The fourth-order valence-electron chi connectivity index (χ4n) is 2.05. The average molecular weight is 272 g/mol. The van der Waals surface area contributed by atoms with Crippen LogP contribution in [0.25, 0.3) is 0 Å². The highest BCUT2D eigenvalue weighted by molar-refractivity contribution is 7.89. The third-order valence-corrected chi connectivity index (χ3v) is 4.99. The Balaban J connectivity index is 2.13. The lowest BCUT2D eigenvalue weighted by atomic mass is 9.97. The largest absolute Gasteiger partial charge is 0.448 e. The molecule has 2 rings (SSSR count). The van der Waals surface area contributed by atoms with Crippen molar-refractivity contribution in [3.63, 3.8) is 0 Å². The summed E-state index contributed by atoms with van der Waals surface area (Å²) in [6.45, 7) is 8.86. The number of oxazole rings is 1. The predicted octanol–water partition coefficient (Wildman–Crippen LogP) is 1.75. The molecule has 1 aliphatic rings. The van der Waals surface area contributed by atoms with Crippen LogP contribution in [0.1, 0.15) is 39.3 Å². The number of hydrogen-bond donors (Lipinski definition) is 0. The van der Waals surface area contributed by atoms with Crippen molar-refractivity contribution in [3.05, 3.63) is 17.8 Å². The van der Waals surface area contributed by atoms with E-state index >= 15 is 0 Å². The highest BCUT2D eigenvalue weighted by Crippen LogP contribution is 2.24. The Kier molecular flexibility index (Phi) is 3.27. The van der Waals surface area contributed by atoms with Crippen LogP contribution < -0.4 is 0 Å². The molecule has 0 amide bonds. The highest BCUT2D eigenvalue weighted by Gasteiger charge is 2.34. The van der Waals surface area contributed by atoms with E-state index < -0.39 is 10.0 Å². The van der Waals surface area contributed by atoms with Crippen molar-refractivity contribution >= 4 is 10.0 Å². The van der Waals surface area contributed by atoms with Crippen molar-refractivity contribution in [2.45, 2.75) is 39.7 Å². The van der Waals surface area contributed by atoms with Crippen LogP contribution in [0.4, 0.5) is 0 Å². The zero-order valence-corrected chi connectivity index (χ0v) is 12.1. The molecule has 5 nitrogen and oxygen atoms in total. The van der Waals surface area contributed by atoms with Gasteiger partial charge in [-0.15, -0.1) is 0 Å².